The Morgan fingerprint density at radius 1 is 1.04 bits per heavy atom. The van der Waals surface area contributed by atoms with Gasteiger partial charge in [-0.05, 0) is 31.0 Å². The third-order valence-corrected chi connectivity index (χ3v) is 3.18. The number of ether oxygens (including phenoxy) is 2. The van der Waals surface area contributed by atoms with Crippen LogP contribution in [0.4, 0.5) is 4.79 Å². The smallest absolute Gasteiger partial charge is 0.338 e. The quantitative estimate of drug-likeness (QED) is 0.407. The number of carbonyl (C=O) groups excluding carboxylic acids is 4. The molecule has 1 rings (SSSR count). The number of nitrogens with one attached hydrogen (secondary N) is 2. The van der Waals surface area contributed by atoms with Crippen LogP contribution >= 0.6 is 0 Å². The molecule has 0 aliphatic carbocycles. The standard InChI is InChI=1S/C17H23N3O6/c1-2-25-15(22)4-3-9-19-14(21)11-26-16(23)13-7-5-12(6-8-13)10-20-17(18)24/h5-8H,2-4,9-11H2,1H3,(H,19,21)(H3,18,20,24). The van der Waals surface area contributed by atoms with E-state index in [1.54, 1.807) is 19.1 Å². The first kappa shape index (κ1) is 20.9. The van der Waals surface area contributed by atoms with Crippen molar-refractivity contribution in [2.24, 2.45) is 5.73 Å². The molecule has 3 amide bonds. The van der Waals surface area contributed by atoms with Crippen molar-refractivity contribution in [3.63, 3.8) is 0 Å². The van der Waals surface area contributed by atoms with E-state index in [9.17, 15) is 19.2 Å². The first-order valence-electron chi connectivity index (χ1n) is 8.14. The fraction of sp³-hybridized carbons (Fsp3) is 0.412. The van der Waals surface area contributed by atoms with E-state index in [2.05, 4.69) is 10.6 Å². The molecule has 4 N–H and O–H groups in total. The number of rotatable bonds is 10. The van der Waals surface area contributed by atoms with Gasteiger partial charge in [-0.25, -0.2) is 9.59 Å². The lowest BCUT2D eigenvalue weighted by Gasteiger charge is -2.07. The average Bonchev–Trinajstić information content (AvgIpc) is 2.62. The van der Waals surface area contributed by atoms with Crippen LogP contribution in [-0.2, 0) is 25.6 Å². The summed E-state index contributed by atoms with van der Waals surface area (Å²) in [6.07, 6.45) is 0.657. The highest BCUT2D eigenvalue weighted by molar-refractivity contribution is 5.91. The zero-order valence-electron chi connectivity index (χ0n) is 14.6. The summed E-state index contributed by atoms with van der Waals surface area (Å²) in [5, 5.41) is 4.98. The Balaban J connectivity index is 2.27. The second-order valence-electron chi connectivity index (χ2n) is 5.25. The van der Waals surface area contributed by atoms with Gasteiger partial charge in [-0.3, -0.25) is 9.59 Å². The summed E-state index contributed by atoms with van der Waals surface area (Å²) in [5.41, 5.74) is 6.02. The van der Waals surface area contributed by atoms with Crippen molar-refractivity contribution in [3.05, 3.63) is 35.4 Å². The molecule has 9 nitrogen and oxygen atoms in total. The van der Waals surface area contributed by atoms with Gasteiger partial charge < -0.3 is 25.8 Å². The summed E-state index contributed by atoms with van der Waals surface area (Å²) in [6.45, 7) is 2.17. The molecule has 0 heterocycles. The van der Waals surface area contributed by atoms with Crippen LogP contribution < -0.4 is 16.4 Å². The summed E-state index contributed by atoms with van der Waals surface area (Å²) in [7, 11) is 0. The summed E-state index contributed by atoms with van der Waals surface area (Å²) in [6, 6.07) is 5.70. The topological polar surface area (TPSA) is 137 Å². The minimum absolute atomic E-state index is 0.213. The highest BCUT2D eigenvalue weighted by atomic mass is 16.5. The molecule has 142 valence electrons. The second kappa shape index (κ2) is 11.5. The Hall–Kier alpha value is -3.10. The molecule has 9 heteroatoms. The Morgan fingerprint density at radius 2 is 1.73 bits per heavy atom. The lowest BCUT2D eigenvalue weighted by Crippen LogP contribution is -2.30. The van der Waals surface area contributed by atoms with Gasteiger partial charge in [0.2, 0.25) is 0 Å². The average molecular weight is 365 g/mol. The maximum atomic E-state index is 11.9. The van der Waals surface area contributed by atoms with Crippen molar-refractivity contribution >= 4 is 23.9 Å². The summed E-state index contributed by atoms with van der Waals surface area (Å²) < 4.78 is 9.68. The molecule has 0 spiro atoms. The monoisotopic (exact) mass is 365 g/mol. The van der Waals surface area contributed by atoms with E-state index in [0.717, 1.165) is 5.56 Å². The molecule has 1 aromatic rings. The molecule has 0 aliphatic rings. The zero-order valence-corrected chi connectivity index (χ0v) is 14.6. The van der Waals surface area contributed by atoms with Crippen molar-refractivity contribution in [2.45, 2.75) is 26.3 Å². The van der Waals surface area contributed by atoms with Gasteiger partial charge >= 0.3 is 18.0 Å². The lowest BCUT2D eigenvalue weighted by molar-refractivity contribution is -0.143. The molecular formula is C17H23N3O6. The molecule has 0 aromatic heterocycles. The molecule has 0 unspecified atom stereocenters. The number of hydrogen-bond acceptors (Lipinski definition) is 6. The molecule has 1 aromatic carbocycles. The number of esters is 2. The fourth-order valence-corrected chi connectivity index (χ4v) is 1.91. The van der Waals surface area contributed by atoms with Gasteiger partial charge in [0.1, 0.15) is 0 Å². The minimum atomic E-state index is -0.638. The summed E-state index contributed by atoms with van der Waals surface area (Å²) >= 11 is 0. The van der Waals surface area contributed by atoms with Gasteiger partial charge in [-0.1, -0.05) is 12.1 Å². The molecule has 0 bridgehead atoms. The number of carbonyl (C=O) groups is 4. The van der Waals surface area contributed by atoms with E-state index in [4.69, 9.17) is 15.2 Å². The van der Waals surface area contributed by atoms with Crippen LogP contribution in [0.15, 0.2) is 24.3 Å². The first-order valence-corrected chi connectivity index (χ1v) is 8.14. The third kappa shape index (κ3) is 8.67. The van der Waals surface area contributed by atoms with Gasteiger partial charge in [-0.15, -0.1) is 0 Å². The van der Waals surface area contributed by atoms with E-state index in [1.807, 2.05) is 0 Å². The second-order valence-corrected chi connectivity index (χ2v) is 5.25. The van der Waals surface area contributed by atoms with Crippen LogP contribution in [0.25, 0.3) is 0 Å². The van der Waals surface area contributed by atoms with E-state index in [1.165, 1.54) is 12.1 Å². The number of hydrogen-bond donors (Lipinski definition) is 3. The number of urea groups is 1. The Labute approximate surface area is 151 Å². The van der Waals surface area contributed by atoms with Crippen LogP contribution in [0, 0.1) is 0 Å². The number of primary amides is 1. The Morgan fingerprint density at radius 3 is 2.35 bits per heavy atom. The van der Waals surface area contributed by atoms with Gasteiger partial charge in [-0.2, -0.15) is 0 Å². The van der Waals surface area contributed by atoms with E-state index in [0.29, 0.717) is 13.0 Å². The van der Waals surface area contributed by atoms with Gasteiger partial charge in [0.15, 0.2) is 6.61 Å². The van der Waals surface area contributed by atoms with Crippen molar-refractivity contribution < 1.29 is 28.7 Å². The predicted molar refractivity (Wildman–Crippen MR) is 92.0 cm³/mol. The molecule has 0 saturated heterocycles. The molecular weight excluding hydrogens is 342 g/mol. The van der Waals surface area contributed by atoms with Crippen LogP contribution in [0.3, 0.4) is 0 Å². The number of nitrogens with two attached hydrogens (primary N) is 1. The maximum absolute atomic E-state index is 11.9. The van der Waals surface area contributed by atoms with E-state index < -0.39 is 24.5 Å². The number of amides is 3. The van der Waals surface area contributed by atoms with Crippen molar-refractivity contribution in [3.8, 4) is 0 Å². The lowest BCUT2D eigenvalue weighted by atomic mass is 10.1. The molecule has 0 fully saturated rings. The fourth-order valence-electron chi connectivity index (χ4n) is 1.91. The molecule has 26 heavy (non-hydrogen) atoms. The van der Waals surface area contributed by atoms with E-state index >= 15 is 0 Å². The van der Waals surface area contributed by atoms with Crippen molar-refractivity contribution in [1.82, 2.24) is 10.6 Å². The van der Waals surface area contributed by atoms with Crippen LogP contribution in [-0.4, -0.2) is 43.6 Å². The molecule has 0 atom stereocenters. The van der Waals surface area contributed by atoms with Gasteiger partial charge in [0, 0.05) is 19.5 Å². The molecule has 0 saturated carbocycles. The highest BCUT2D eigenvalue weighted by Crippen LogP contribution is 2.06. The van der Waals surface area contributed by atoms with Gasteiger partial charge in [0.25, 0.3) is 5.91 Å². The van der Waals surface area contributed by atoms with Crippen LogP contribution in [0.2, 0.25) is 0 Å². The zero-order chi connectivity index (χ0) is 19.4. The van der Waals surface area contributed by atoms with Crippen molar-refractivity contribution in [2.75, 3.05) is 19.8 Å². The highest BCUT2D eigenvalue weighted by Gasteiger charge is 2.10. The van der Waals surface area contributed by atoms with Crippen LogP contribution in [0.5, 0.6) is 0 Å². The van der Waals surface area contributed by atoms with Crippen LogP contribution in [0.1, 0.15) is 35.7 Å². The number of benzene rings is 1. The Kier molecular flexibility index (Phi) is 9.23. The predicted octanol–water partition coefficient (Wildman–Crippen LogP) is 0.471. The summed E-state index contributed by atoms with van der Waals surface area (Å²) in [5.74, 6) is -1.41. The minimum Gasteiger partial charge on any atom is -0.466 e. The SMILES string of the molecule is CCOC(=O)CCCNC(=O)COC(=O)c1ccc(CNC(N)=O)cc1. The largest absolute Gasteiger partial charge is 0.466 e. The third-order valence-electron chi connectivity index (χ3n) is 3.18. The van der Waals surface area contributed by atoms with E-state index in [-0.39, 0.29) is 31.0 Å². The molecule has 0 radical (unpaired) electrons. The van der Waals surface area contributed by atoms with Crippen molar-refractivity contribution in [1.29, 1.82) is 0 Å². The summed E-state index contributed by atoms with van der Waals surface area (Å²) in [4.78, 5) is 45.2. The molecule has 0 aliphatic heterocycles. The van der Waals surface area contributed by atoms with Gasteiger partial charge in [0.05, 0.1) is 12.2 Å². The normalized spacial score (nSPS) is 9.88. The maximum Gasteiger partial charge on any atom is 0.338 e. The first-order chi connectivity index (χ1) is 12.4. The Bertz CT molecular complexity index is 630.